The normalized spacial score (nSPS) is 16.2. The third-order valence-electron chi connectivity index (χ3n) is 5.18. The van der Waals surface area contributed by atoms with Crippen LogP contribution in [0, 0.1) is 6.92 Å². The van der Waals surface area contributed by atoms with Crippen molar-refractivity contribution in [3.8, 4) is 0 Å². The van der Waals surface area contributed by atoms with E-state index in [0.717, 1.165) is 49.7 Å². The van der Waals surface area contributed by atoms with Gasteiger partial charge in [-0.15, -0.1) is 0 Å². The van der Waals surface area contributed by atoms with Gasteiger partial charge in [0.05, 0.1) is 0 Å². The maximum atomic E-state index is 11.5. The third kappa shape index (κ3) is 5.11. The summed E-state index contributed by atoms with van der Waals surface area (Å²) in [5, 5.41) is 0.817. The lowest BCUT2D eigenvalue weighted by Crippen LogP contribution is -2.53. The van der Waals surface area contributed by atoms with Gasteiger partial charge in [0.1, 0.15) is 0 Å². The predicted molar refractivity (Wildman–Crippen MR) is 107 cm³/mol. The largest absolute Gasteiger partial charge is 0.369 e. The van der Waals surface area contributed by atoms with Crippen LogP contribution in [0.1, 0.15) is 38.8 Å². The summed E-state index contributed by atoms with van der Waals surface area (Å²) in [5.74, 6) is 0.103. The van der Waals surface area contributed by atoms with E-state index in [2.05, 4.69) is 42.7 Å². The summed E-state index contributed by atoms with van der Waals surface area (Å²) in [6.45, 7) is 15.3. The van der Waals surface area contributed by atoms with Crippen LogP contribution in [0.25, 0.3) is 0 Å². The molecule has 1 heterocycles. The van der Waals surface area contributed by atoms with E-state index in [9.17, 15) is 4.79 Å². The Morgan fingerprint density at radius 3 is 2.32 bits per heavy atom. The molecule has 1 saturated heterocycles. The van der Waals surface area contributed by atoms with E-state index in [0.29, 0.717) is 0 Å². The fourth-order valence-corrected chi connectivity index (χ4v) is 3.45. The number of amides is 1. The Hall–Kier alpha value is -1.26. The molecule has 0 aromatic heterocycles. The highest BCUT2D eigenvalue weighted by Crippen LogP contribution is 2.30. The van der Waals surface area contributed by atoms with Crippen molar-refractivity contribution in [3.05, 3.63) is 28.3 Å². The molecule has 0 radical (unpaired) electrons. The van der Waals surface area contributed by atoms with E-state index < -0.39 is 0 Å². The second kappa shape index (κ2) is 7.96. The van der Waals surface area contributed by atoms with E-state index in [1.165, 1.54) is 11.3 Å². The summed E-state index contributed by atoms with van der Waals surface area (Å²) in [5.41, 5.74) is 3.81. The minimum absolute atomic E-state index is 0.103. The van der Waals surface area contributed by atoms with Gasteiger partial charge >= 0.3 is 0 Å². The summed E-state index contributed by atoms with van der Waals surface area (Å²) in [6, 6.07) is 4.29. The second-order valence-corrected chi connectivity index (χ2v) is 8.47. The number of nitrogens with zero attached hydrogens (tertiary/aromatic N) is 3. The number of hydrogen-bond donors (Lipinski definition) is 0. The molecule has 0 bridgehead atoms. The molecule has 0 atom stereocenters. The summed E-state index contributed by atoms with van der Waals surface area (Å²) in [7, 11) is 1.85. The number of likely N-dealkylation sites (N-methyl/N-ethyl adjacent to an activating group) is 1. The third-order valence-corrected chi connectivity index (χ3v) is 5.59. The lowest BCUT2D eigenvalue weighted by Gasteiger charge is -2.43. The van der Waals surface area contributed by atoms with Crippen LogP contribution in [-0.2, 0) is 11.2 Å². The number of carbonyl (C=O) groups excluding carboxylic acids is 1. The monoisotopic (exact) mass is 365 g/mol. The fraction of sp³-hybridized carbons (Fsp3) is 0.650. The van der Waals surface area contributed by atoms with Crippen molar-refractivity contribution in [1.82, 2.24) is 9.80 Å². The maximum absolute atomic E-state index is 11.5. The number of hydrogen-bond acceptors (Lipinski definition) is 3. The zero-order chi connectivity index (χ0) is 18.8. The molecule has 140 valence electrons. The van der Waals surface area contributed by atoms with Gasteiger partial charge in [-0.25, -0.2) is 0 Å². The number of benzene rings is 1. The predicted octanol–water partition coefficient (Wildman–Crippen LogP) is 3.59. The molecular weight excluding hydrogens is 334 g/mol. The van der Waals surface area contributed by atoms with Crippen molar-refractivity contribution in [2.75, 3.05) is 44.7 Å². The molecule has 1 aromatic carbocycles. The first-order chi connectivity index (χ1) is 11.6. The smallest absolute Gasteiger partial charge is 0.219 e. The number of rotatable bonds is 4. The molecule has 0 N–H and O–H groups in total. The number of halogens is 1. The number of piperazine rings is 1. The highest BCUT2D eigenvalue weighted by Gasteiger charge is 2.27. The van der Waals surface area contributed by atoms with E-state index >= 15 is 0 Å². The van der Waals surface area contributed by atoms with Crippen molar-refractivity contribution in [3.63, 3.8) is 0 Å². The number of carbonyl (C=O) groups is 1. The van der Waals surface area contributed by atoms with Crippen LogP contribution in [0.15, 0.2) is 12.1 Å². The van der Waals surface area contributed by atoms with Crippen LogP contribution in [0.2, 0.25) is 5.02 Å². The molecule has 1 aromatic rings. The number of aryl methyl sites for hydroxylation is 1. The second-order valence-electron chi connectivity index (χ2n) is 8.07. The summed E-state index contributed by atoms with van der Waals surface area (Å²) in [4.78, 5) is 18.2. The van der Waals surface area contributed by atoms with Gasteiger partial charge in [-0.05, 0) is 51.3 Å². The standard InChI is InChI=1S/C20H32ClN3O/c1-15-13-17(7-8-22(6)16(2)25)19(14-18(15)21)23-9-11-24(12-10-23)20(3,4)5/h13-14H,7-12H2,1-6H3. The molecule has 4 nitrogen and oxygen atoms in total. The van der Waals surface area contributed by atoms with Crippen LogP contribution >= 0.6 is 11.6 Å². The molecule has 5 heteroatoms. The molecule has 1 fully saturated rings. The summed E-state index contributed by atoms with van der Waals surface area (Å²) in [6.07, 6.45) is 0.850. The Morgan fingerprint density at radius 1 is 1.20 bits per heavy atom. The van der Waals surface area contributed by atoms with Gasteiger partial charge in [-0.2, -0.15) is 0 Å². The van der Waals surface area contributed by atoms with Crippen molar-refractivity contribution in [2.45, 2.75) is 46.6 Å². The highest BCUT2D eigenvalue weighted by molar-refractivity contribution is 6.31. The van der Waals surface area contributed by atoms with Crippen molar-refractivity contribution in [1.29, 1.82) is 0 Å². The molecule has 1 amide bonds. The fourth-order valence-electron chi connectivity index (χ4n) is 3.29. The first-order valence-corrected chi connectivity index (χ1v) is 9.48. The van der Waals surface area contributed by atoms with Gasteiger partial charge in [0, 0.05) is 62.9 Å². The Labute approximate surface area is 157 Å². The quantitative estimate of drug-likeness (QED) is 0.815. The Balaban J connectivity index is 2.16. The van der Waals surface area contributed by atoms with E-state index in [1.54, 1.807) is 11.8 Å². The minimum Gasteiger partial charge on any atom is -0.369 e. The van der Waals surface area contributed by atoms with Gasteiger partial charge in [0.25, 0.3) is 0 Å². The van der Waals surface area contributed by atoms with Gasteiger partial charge in [0.2, 0.25) is 5.91 Å². The van der Waals surface area contributed by atoms with Crippen LogP contribution in [0.3, 0.4) is 0 Å². The topological polar surface area (TPSA) is 26.8 Å². The molecule has 1 aliphatic rings. The van der Waals surface area contributed by atoms with Crippen LogP contribution in [0.5, 0.6) is 0 Å². The SMILES string of the molecule is CC(=O)N(C)CCc1cc(C)c(Cl)cc1N1CCN(C(C)(C)C)CC1. The Kier molecular flexibility index (Phi) is 6.39. The first-order valence-electron chi connectivity index (χ1n) is 9.10. The van der Waals surface area contributed by atoms with Crippen molar-refractivity contribution >= 4 is 23.2 Å². The molecule has 25 heavy (non-hydrogen) atoms. The van der Waals surface area contributed by atoms with Crippen LogP contribution in [0.4, 0.5) is 5.69 Å². The molecule has 0 unspecified atom stereocenters. The molecule has 0 spiro atoms. The highest BCUT2D eigenvalue weighted by atomic mass is 35.5. The lowest BCUT2D eigenvalue weighted by molar-refractivity contribution is -0.127. The molecule has 1 aliphatic heterocycles. The maximum Gasteiger partial charge on any atom is 0.219 e. The van der Waals surface area contributed by atoms with Crippen molar-refractivity contribution in [2.24, 2.45) is 0 Å². The molecule has 0 aliphatic carbocycles. The van der Waals surface area contributed by atoms with Crippen LogP contribution in [-0.4, -0.2) is 61.0 Å². The Bertz CT molecular complexity index is 616. The van der Waals surface area contributed by atoms with Gasteiger partial charge < -0.3 is 9.80 Å². The Morgan fingerprint density at radius 2 is 1.80 bits per heavy atom. The summed E-state index contributed by atoms with van der Waals surface area (Å²) >= 11 is 6.42. The van der Waals surface area contributed by atoms with E-state index in [1.807, 2.05) is 14.0 Å². The van der Waals surface area contributed by atoms with Crippen LogP contribution < -0.4 is 4.90 Å². The average Bonchev–Trinajstić information content (AvgIpc) is 2.54. The average molecular weight is 366 g/mol. The molecular formula is C20H32ClN3O. The number of anilines is 1. The minimum atomic E-state index is 0.103. The molecule has 0 saturated carbocycles. The van der Waals surface area contributed by atoms with E-state index in [4.69, 9.17) is 11.6 Å². The summed E-state index contributed by atoms with van der Waals surface area (Å²) < 4.78 is 0. The lowest BCUT2D eigenvalue weighted by atomic mass is 10.0. The first kappa shape index (κ1) is 20.1. The van der Waals surface area contributed by atoms with Crippen molar-refractivity contribution < 1.29 is 4.79 Å². The zero-order valence-corrected chi connectivity index (χ0v) is 17.3. The van der Waals surface area contributed by atoms with Gasteiger partial charge in [-0.3, -0.25) is 9.69 Å². The van der Waals surface area contributed by atoms with Gasteiger partial charge in [0.15, 0.2) is 0 Å². The zero-order valence-electron chi connectivity index (χ0n) is 16.5. The van der Waals surface area contributed by atoms with E-state index in [-0.39, 0.29) is 11.4 Å². The molecule has 2 rings (SSSR count). The van der Waals surface area contributed by atoms with Gasteiger partial charge in [-0.1, -0.05) is 17.7 Å².